The minimum Gasteiger partial charge on any atom is -0.494 e. The molecule has 134 valence electrons. The smallest absolute Gasteiger partial charge is 0.165 e. The fraction of sp³-hybridized carbons (Fsp3) is 0.526. The number of benzene rings is 1. The van der Waals surface area contributed by atoms with Gasteiger partial charge in [0.2, 0.25) is 0 Å². The summed E-state index contributed by atoms with van der Waals surface area (Å²) >= 11 is 0. The third kappa shape index (κ3) is 3.28. The first-order valence-corrected chi connectivity index (χ1v) is 8.97. The summed E-state index contributed by atoms with van der Waals surface area (Å²) in [5.74, 6) is 0.450. The topological polar surface area (TPSA) is 59.2 Å². The lowest BCUT2D eigenvalue weighted by atomic mass is 9.91. The molecule has 1 aliphatic carbocycles. The Morgan fingerprint density at radius 1 is 1.40 bits per heavy atom. The maximum Gasteiger partial charge on any atom is 0.165 e. The van der Waals surface area contributed by atoms with Crippen LogP contribution in [0.1, 0.15) is 48.2 Å². The number of rotatable bonds is 5. The van der Waals surface area contributed by atoms with Crippen LogP contribution in [0.4, 0.5) is 4.39 Å². The van der Waals surface area contributed by atoms with Crippen molar-refractivity contribution in [1.29, 1.82) is 0 Å². The summed E-state index contributed by atoms with van der Waals surface area (Å²) < 4.78 is 25.0. The largest absolute Gasteiger partial charge is 0.494 e. The van der Waals surface area contributed by atoms with E-state index in [4.69, 9.17) is 9.47 Å². The molecule has 0 radical (unpaired) electrons. The van der Waals surface area contributed by atoms with Gasteiger partial charge in [0.1, 0.15) is 6.10 Å². The molecule has 1 unspecified atom stereocenters. The summed E-state index contributed by atoms with van der Waals surface area (Å²) in [6.07, 6.45) is 5.93. The number of H-pyrrole nitrogens is 1. The van der Waals surface area contributed by atoms with E-state index in [1.165, 1.54) is 7.11 Å². The number of aryl methyl sites for hydroxylation is 1. The Morgan fingerprint density at radius 2 is 2.32 bits per heavy atom. The van der Waals surface area contributed by atoms with Gasteiger partial charge in [-0.2, -0.15) is 5.10 Å². The van der Waals surface area contributed by atoms with Crippen molar-refractivity contribution in [2.75, 3.05) is 20.3 Å². The lowest BCUT2D eigenvalue weighted by molar-refractivity contribution is -0.0310. The van der Waals surface area contributed by atoms with Crippen LogP contribution in [0.5, 0.6) is 5.75 Å². The molecular formula is C19H24FN3O2. The maximum absolute atomic E-state index is 13.9. The second-order valence-electron chi connectivity index (χ2n) is 6.89. The first kappa shape index (κ1) is 16.5. The normalized spacial score (nSPS) is 25.8. The van der Waals surface area contributed by atoms with Crippen molar-refractivity contribution in [3.05, 3.63) is 47.0 Å². The summed E-state index contributed by atoms with van der Waals surface area (Å²) in [6, 6.07) is 5.70. The standard InChI is InChI=1S/C19H24FN3O2/c1-24-18-10-14-12(9-15(18)20)4-5-16(14)21-11-13-3-2-8-25-19(13)17-6-7-22-23-17/h6-7,9-10,13,16,19,21H,2-5,8,11H2,1H3,(H,22,23)/t13-,16?,19+/m0/s1. The molecule has 4 rings (SSSR count). The molecular weight excluding hydrogens is 321 g/mol. The van der Waals surface area contributed by atoms with Crippen LogP contribution in [0.25, 0.3) is 0 Å². The molecule has 5 nitrogen and oxygen atoms in total. The number of aromatic amines is 1. The molecule has 0 bridgehead atoms. The van der Waals surface area contributed by atoms with E-state index in [1.54, 1.807) is 12.3 Å². The van der Waals surface area contributed by atoms with Crippen molar-refractivity contribution in [2.45, 2.75) is 37.8 Å². The van der Waals surface area contributed by atoms with Crippen molar-refractivity contribution in [2.24, 2.45) is 5.92 Å². The zero-order valence-electron chi connectivity index (χ0n) is 14.4. The Kier molecular flexibility index (Phi) is 4.72. The molecule has 1 aromatic carbocycles. The quantitative estimate of drug-likeness (QED) is 0.873. The molecule has 1 aliphatic heterocycles. The predicted molar refractivity (Wildman–Crippen MR) is 92.0 cm³/mol. The number of ether oxygens (including phenoxy) is 2. The van der Waals surface area contributed by atoms with Crippen LogP contribution in [0.2, 0.25) is 0 Å². The van der Waals surface area contributed by atoms with Gasteiger partial charge in [0.05, 0.1) is 12.8 Å². The Balaban J connectivity index is 1.45. The summed E-state index contributed by atoms with van der Waals surface area (Å²) in [5.41, 5.74) is 3.29. The molecule has 0 amide bonds. The summed E-state index contributed by atoms with van der Waals surface area (Å²) in [4.78, 5) is 0. The number of aromatic nitrogens is 2. The van der Waals surface area contributed by atoms with Gasteiger partial charge in [0.25, 0.3) is 0 Å². The highest BCUT2D eigenvalue weighted by Crippen LogP contribution is 2.37. The predicted octanol–water partition coefficient (Wildman–Crippen LogP) is 3.30. The number of nitrogens with zero attached hydrogens (tertiary/aromatic N) is 1. The van der Waals surface area contributed by atoms with Gasteiger partial charge < -0.3 is 14.8 Å². The van der Waals surface area contributed by atoms with Crippen LogP contribution in [0.15, 0.2) is 24.4 Å². The molecule has 2 N–H and O–H groups in total. The van der Waals surface area contributed by atoms with Crippen LogP contribution in [0, 0.1) is 11.7 Å². The molecule has 0 spiro atoms. The third-order valence-electron chi connectivity index (χ3n) is 5.39. The molecule has 2 heterocycles. The minimum absolute atomic E-state index is 0.0624. The summed E-state index contributed by atoms with van der Waals surface area (Å²) in [7, 11) is 1.51. The third-order valence-corrected chi connectivity index (χ3v) is 5.39. The molecule has 1 aromatic heterocycles. The second kappa shape index (κ2) is 7.14. The molecule has 6 heteroatoms. The van der Waals surface area contributed by atoms with E-state index in [9.17, 15) is 4.39 Å². The van der Waals surface area contributed by atoms with Gasteiger partial charge in [-0.3, -0.25) is 5.10 Å². The Morgan fingerprint density at radius 3 is 3.12 bits per heavy atom. The number of nitrogens with one attached hydrogen (secondary N) is 2. The van der Waals surface area contributed by atoms with E-state index in [0.29, 0.717) is 11.7 Å². The Hall–Kier alpha value is -1.92. The van der Waals surface area contributed by atoms with E-state index in [1.807, 2.05) is 12.1 Å². The number of methoxy groups -OCH3 is 1. The van der Waals surface area contributed by atoms with Gasteiger partial charge in [-0.05, 0) is 55.0 Å². The first-order chi connectivity index (χ1) is 12.3. The van der Waals surface area contributed by atoms with Gasteiger partial charge in [-0.15, -0.1) is 0 Å². The minimum atomic E-state index is -0.276. The fourth-order valence-electron chi connectivity index (χ4n) is 4.09. The van der Waals surface area contributed by atoms with Crippen molar-refractivity contribution < 1.29 is 13.9 Å². The first-order valence-electron chi connectivity index (χ1n) is 8.97. The number of hydrogen-bond acceptors (Lipinski definition) is 4. The van der Waals surface area contributed by atoms with Gasteiger partial charge >= 0.3 is 0 Å². The van der Waals surface area contributed by atoms with Crippen LogP contribution >= 0.6 is 0 Å². The number of fused-ring (bicyclic) bond motifs is 1. The molecule has 3 atom stereocenters. The lowest BCUT2D eigenvalue weighted by Crippen LogP contribution is -2.33. The molecule has 1 saturated heterocycles. The highest BCUT2D eigenvalue weighted by molar-refractivity contribution is 5.41. The summed E-state index contributed by atoms with van der Waals surface area (Å²) in [6.45, 7) is 1.66. The molecule has 0 saturated carbocycles. The van der Waals surface area contributed by atoms with Crippen LogP contribution in [-0.4, -0.2) is 30.5 Å². The van der Waals surface area contributed by atoms with Gasteiger partial charge in [0, 0.05) is 31.3 Å². The number of hydrogen-bond donors (Lipinski definition) is 2. The monoisotopic (exact) mass is 345 g/mol. The van der Waals surface area contributed by atoms with E-state index < -0.39 is 0 Å². The molecule has 2 aliphatic rings. The lowest BCUT2D eigenvalue weighted by Gasteiger charge is -2.32. The SMILES string of the molecule is COc1cc2c(cc1F)CCC2NC[C@@H]1CCCO[C@H]1c1ccn[nH]1. The highest BCUT2D eigenvalue weighted by Gasteiger charge is 2.30. The molecule has 1 fully saturated rings. The fourth-order valence-corrected chi connectivity index (χ4v) is 4.09. The zero-order valence-corrected chi connectivity index (χ0v) is 14.4. The van der Waals surface area contributed by atoms with E-state index >= 15 is 0 Å². The van der Waals surface area contributed by atoms with Gasteiger partial charge in [0.15, 0.2) is 11.6 Å². The average Bonchev–Trinajstić information content (AvgIpc) is 3.29. The second-order valence-corrected chi connectivity index (χ2v) is 6.89. The van der Waals surface area contributed by atoms with Crippen LogP contribution in [0.3, 0.4) is 0 Å². The van der Waals surface area contributed by atoms with Gasteiger partial charge in [-0.1, -0.05) is 0 Å². The van der Waals surface area contributed by atoms with Gasteiger partial charge in [-0.25, -0.2) is 4.39 Å². The van der Waals surface area contributed by atoms with Crippen molar-refractivity contribution in [3.63, 3.8) is 0 Å². The Labute approximate surface area is 146 Å². The van der Waals surface area contributed by atoms with E-state index in [2.05, 4.69) is 15.5 Å². The maximum atomic E-state index is 13.9. The van der Waals surface area contributed by atoms with Crippen molar-refractivity contribution in [3.8, 4) is 5.75 Å². The van der Waals surface area contributed by atoms with E-state index in [-0.39, 0.29) is 18.0 Å². The van der Waals surface area contributed by atoms with E-state index in [0.717, 1.165) is 55.7 Å². The zero-order chi connectivity index (χ0) is 17.2. The molecule has 25 heavy (non-hydrogen) atoms. The van der Waals surface area contributed by atoms with Crippen LogP contribution < -0.4 is 10.1 Å². The summed E-state index contributed by atoms with van der Waals surface area (Å²) in [5, 5.41) is 10.8. The highest BCUT2D eigenvalue weighted by atomic mass is 19.1. The average molecular weight is 345 g/mol. The Bertz CT molecular complexity index is 720. The molecule has 2 aromatic rings. The number of halogens is 1. The van der Waals surface area contributed by atoms with Crippen molar-refractivity contribution in [1.82, 2.24) is 15.5 Å². The van der Waals surface area contributed by atoms with Crippen molar-refractivity contribution >= 4 is 0 Å². The van der Waals surface area contributed by atoms with Crippen LogP contribution in [-0.2, 0) is 11.2 Å².